The molecular formula is C19H30N2O3. The van der Waals surface area contributed by atoms with E-state index in [4.69, 9.17) is 4.74 Å². The molecule has 1 aliphatic rings. The second kappa shape index (κ2) is 9.64. The van der Waals surface area contributed by atoms with E-state index in [1.54, 1.807) is 0 Å². The summed E-state index contributed by atoms with van der Waals surface area (Å²) in [5, 5.41) is 13.2. The Morgan fingerprint density at radius 2 is 2.08 bits per heavy atom. The molecule has 1 unspecified atom stereocenters. The van der Waals surface area contributed by atoms with E-state index in [-0.39, 0.29) is 11.8 Å². The van der Waals surface area contributed by atoms with Crippen LogP contribution in [0.1, 0.15) is 31.7 Å². The second-order valence-corrected chi connectivity index (χ2v) is 6.60. The first-order valence-electron chi connectivity index (χ1n) is 8.96. The third-order valence-electron chi connectivity index (χ3n) is 4.50. The Morgan fingerprint density at radius 3 is 2.75 bits per heavy atom. The Labute approximate surface area is 145 Å². The third-order valence-corrected chi connectivity index (χ3v) is 4.50. The van der Waals surface area contributed by atoms with Crippen LogP contribution in [0.25, 0.3) is 0 Å². The number of aryl methyl sites for hydroxylation is 1. The number of carbonyl (C=O) groups excluding carboxylic acids is 1. The summed E-state index contributed by atoms with van der Waals surface area (Å²) < 4.78 is 5.70. The fraction of sp³-hybridized carbons (Fsp3) is 0.632. The fourth-order valence-electron chi connectivity index (χ4n) is 3.03. The number of nitrogens with zero attached hydrogens (tertiary/aromatic N) is 1. The maximum Gasteiger partial charge on any atom is 0.223 e. The zero-order valence-corrected chi connectivity index (χ0v) is 14.8. The molecule has 2 N–H and O–H groups in total. The fourth-order valence-corrected chi connectivity index (χ4v) is 3.03. The molecule has 2 rings (SSSR count). The lowest BCUT2D eigenvalue weighted by Gasteiger charge is -2.32. The summed E-state index contributed by atoms with van der Waals surface area (Å²) in [4.78, 5) is 14.2. The Kier molecular flexibility index (Phi) is 7.53. The number of aliphatic hydroxyl groups is 1. The van der Waals surface area contributed by atoms with Crippen molar-refractivity contribution in [2.45, 2.75) is 39.2 Å². The molecule has 5 nitrogen and oxygen atoms in total. The second-order valence-electron chi connectivity index (χ2n) is 6.60. The molecule has 1 aromatic carbocycles. The van der Waals surface area contributed by atoms with Gasteiger partial charge in [0.25, 0.3) is 0 Å². The summed E-state index contributed by atoms with van der Waals surface area (Å²) in [5.74, 6) is 1.12. The molecule has 0 radical (unpaired) electrons. The summed E-state index contributed by atoms with van der Waals surface area (Å²) in [5.41, 5.74) is 1.07. The lowest BCUT2D eigenvalue weighted by Crippen LogP contribution is -2.44. The molecule has 24 heavy (non-hydrogen) atoms. The van der Waals surface area contributed by atoms with Gasteiger partial charge in [-0.3, -0.25) is 4.79 Å². The molecule has 134 valence electrons. The SMILES string of the molecule is CCCNC(=O)C1CCN(CC(O)COc2ccccc2C)CC1. The van der Waals surface area contributed by atoms with Crippen LogP contribution in [0.15, 0.2) is 24.3 Å². The Balaban J connectivity index is 1.68. The van der Waals surface area contributed by atoms with E-state index < -0.39 is 6.10 Å². The molecule has 5 heteroatoms. The molecule has 1 saturated heterocycles. The number of hydrogen-bond acceptors (Lipinski definition) is 4. The molecule has 1 heterocycles. The minimum atomic E-state index is -0.518. The Morgan fingerprint density at radius 1 is 1.38 bits per heavy atom. The number of amides is 1. The van der Waals surface area contributed by atoms with E-state index in [2.05, 4.69) is 17.1 Å². The van der Waals surface area contributed by atoms with Crippen LogP contribution in [0, 0.1) is 12.8 Å². The number of rotatable bonds is 8. The van der Waals surface area contributed by atoms with Crippen LogP contribution < -0.4 is 10.1 Å². The highest BCUT2D eigenvalue weighted by atomic mass is 16.5. The highest BCUT2D eigenvalue weighted by Crippen LogP contribution is 2.19. The maximum atomic E-state index is 12.0. The van der Waals surface area contributed by atoms with Crippen LogP contribution in [0.3, 0.4) is 0 Å². The molecule has 0 spiro atoms. The summed E-state index contributed by atoms with van der Waals surface area (Å²) in [6.45, 7) is 7.40. The van der Waals surface area contributed by atoms with Gasteiger partial charge in [-0.15, -0.1) is 0 Å². The number of β-amino-alcohol motifs (C(OH)–C–C–N with tert-alkyl or cyclic N) is 1. The van der Waals surface area contributed by atoms with E-state index in [9.17, 15) is 9.90 Å². The third kappa shape index (κ3) is 5.80. The summed E-state index contributed by atoms with van der Waals surface area (Å²) in [6, 6.07) is 7.82. The Bertz CT molecular complexity index is 513. The van der Waals surface area contributed by atoms with Crippen LogP contribution in [0.4, 0.5) is 0 Å². The number of nitrogens with one attached hydrogen (secondary N) is 1. The smallest absolute Gasteiger partial charge is 0.223 e. The number of piperidine rings is 1. The van der Waals surface area contributed by atoms with Crippen molar-refractivity contribution in [3.05, 3.63) is 29.8 Å². The van der Waals surface area contributed by atoms with Crippen molar-refractivity contribution in [2.24, 2.45) is 5.92 Å². The quantitative estimate of drug-likeness (QED) is 0.763. The molecular weight excluding hydrogens is 304 g/mol. The van der Waals surface area contributed by atoms with Gasteiger partial charge >= 0.3 is 0 Å². The van der Waals surface area contributed by atoms with Crippen LogP contribution in [-0.4, -0.2) is 54.8 Å². The van der Waals surface area contributed by atoms with Gasteiger partial charge in [-0.2, -0.15) is 0 Å². The minimum absolute atomic E-state index is 0.119. The van der Waals surface area contributed by atoms with E-state index in [0.717, 1.165) is 50.2 Å². The number of hydrogen-bond donors (Lipinski definition) is 2. The van der Waals surface area contributed by atoms with Gasteiger partial charge in [0.15, 0.2) is 0 Å². The molecule has 0 saturated carbocycles. The van der Waals surface area contributed by atoms with Crippen molar-refractivity contribution < 1.29 is 14.6 Å². The van der Waals surface area contributed by atoms with E-state index in [1.807, 2.05) is 31.2 Å². The molecule has 1 fully saturated rings. The molecule has 1 aromatic rings. The maximum absolute atomic E-state index is 12.0. The number of carbonyl (C=O) groups is 1. The van der Waals surface area contributed by atoms with Gasteiger partial charge in [0, 0.05) is 19.0 Å². The van der Waals surface area contributed by atoms with E-state index >= 15 is 0 Å². The van der Waals surface area contributed by atoms with Gasteiger partial charge in [-0.1, -0.05) is 25.1 Å². The average Bonchev–Trinajstić information content (AvgIpc) is 2.59. The van der Waals surface area contributed by atoms with Crippen molar-refractivity contribution in [1.29, 1.82) is 0 Å². The van der Waals surface area contributed by atoms with Crippen LogP contribution >= 0.6 is 0 Å². The predicted molar refractivity (Wildman–Crippen MR) is 95.1 cm³/mol. The molecule has 0 bridgehead atoms. The highest BCUT2D eigenvalue weighted by molar-refractivity contribution is 5.78. The van der Waals surface area contributed by atoms with Crippen LogP contribution in [-0.2, 0) is 4.79 Å². The summed E-state index contributed by atoms with van der Waals surface area (Å²) >= 11 is 0. The Hall–Kier alpha value is -1.59. The van der Waals surface area contributed by atoms with Gasteiger partial charge in [-0.25, -0.2) is 0 Å². The lowest BCUT2D eigenvalue weighted by atomic mass is 9.95. The highest BCUT2D eigenvalue weighted by Gasteiger charge is 2.25. The molecule has 0 aromatic heterocycles. The number of para-hydroxylation sites is 1. The monoisotopic (exact) mass is 334 g/mol. The van der Waals surface area contributed by atoms with Crippen molar-refractivity contribution in [3.63, 3.8) is 0 Å². The van der Waals surface area contributed by atoms with Crippen molar-refractivity contribution in [3.8, 4) is 5.75 Å². The first-order chi connectivity index (χ1) is 11.6. The first kappa shape index (κ1) is 18.7. The van der Waals surface area contributed by atoms with Gasteiger partial charge in [0.1, 0.15) is 18.5 Å². The summed E-state index contributed by atoms with van der Waals surface area (Å²) in [6.07, 6.45) is 2.18. The number of aliphatic hydroxyl groups excluding tert-OH is 1. The van der Waals surface area contributed by atoms with Gasteiger partial charge < -0.3 is 20.1 Å². The molecule has 1 atom stereocenters. The standard InChI is InChI=1S/C19H30N2O3/c1-3-10-20-19(23)16-8-11-21(12-9-16)13-17(22)14-24-18-7-5-4-6-15(18)2/h4-7,16-17,22H,3,8-14H2,1-2H3,(H,20,23). The number of ether oxygens (including phenoxy) is 1. The topological polar surface area (TPSA) is 61.8 Å². The van der Waals surface area contributed by atoms with Gasteiger partial charge in [0.2, 0.25) is 5.91 Å². The zero-order chi connectivity index (χ0) is 17.4. The van der Waals surface area contributed by atoms with Gasteiger partial charge in [-0.05, 0) is 50.9 Å². The largest absolute Gasteiger partial charge is 0.491 e. The van der Waals surface area contributed by atoms with Crippen molar-refractivity contribution in [2.75, 3.05) is 32.8 Å². The average molecular weight is 334 g/mol. The van der Waals surface area contributed by atoms with E-state index in [0.29, 0.717) is 13.2 Å². The molecule has 1 aliphatic heterocycles. The van der Waals surface area contributed by atoms with Crippen LogP contribution in [0.5, 0.6) is 5.75 Å². The molecule has 1 amide bonds. The van der Waals surface area contributed by atoms with Crippen molar-refractivity contribution >= 4 is 5.91 Å². The minimum Gasteiger partial charge on any atom is -0.491 e. The van der Waals surface area contributed by atoms with Gasteiger partial charge in [0.05, 0.1) is 0 Å². The lowest BCUT2D eigenvalue weighted by molar-refractivity contribution is -0.126. The number of likely N-dealkylation sites (tertiary alicyclic amines) is 1. The zero-order valence-electron chi connectivity index (χ0n) is 14.8. The first-order valence-corrected chi connectivity index (χ1v) is 8.96. The summed E-state index contributed by atoms with van der Waals surface area (Å²) in [7, 11) is 0. The number of benzene rings is 1. The predicted octanol–water partition coefficient (Wildman–Crippen LogP) is 1.97. The van der Waals surface area contributed by atoms with E-state index in [1.165, 1.54) is 0 Å². The van der Waals surface area contributed by atoms with Crippen LogP contribution in [0.2, 0.25) is 0 Å². The normalized spacial score (nSPS) is 17.5. The van der Waals surface area contributed by atoms with Crippen molar-refractivity contribution in [1.82, 2.24) is 10.2 Å². The molecule has 0 aliphatic carbocycles.